The summed E-state index contributed by atoms with van der Waals surface area (Å²) in [6.07, 6.45) is 18.2. The van der Waals surface area contributed by atoms with Crippen molar-refractivity contribution in [2.45, 2.75) is 97.3 Å². The van der Waals surface area contributed by atoms with Crippen molar-refractivity contribution >= 4 is 0 Å². The third kappa shape index (κ3) is 10.3. The second-order valence-corrected chi connectivity index (χ2v) is 9.82. The molecule has 2 nitrogen and oxygen atoms in total. The molecule has 2 aromatic carbocycles. The molecule has 0 saturated heterocycles. The van der Waals surface area contributed by atoms with Crippen molar-refractivity contribution in [3.63, 3.8) is 0 Å². The molecular weight excluding hydrogens is 426 g/mol. The molecule has 0 N–H and O–H groups in total. The Bertz CT molecular complexity index is 928. The lowest BCUT2D eigenvalue weighted by molar-refractivity contribution is 0.303. The van der Waals surface area contributed by atoms with Gasteiger partial charge in [-0.2, -0.15) is 0 Å². The molecule has 0 unspecified atom stereocenters. The summed E-state index contributed by atoms with van der Waals surface area (Å²) in [4.78, 5) is 4.62. The van der Waals surface area contributed by atoms with Gasteiger partial charge in [0.2, 0.25) is 0 Å². The van der Waals surface area contributed by atoms with Crippen LogP contribution in [0, 0.1) is 0 Å². The molecule has 0 bridgehead atoms. The summed E-state index contributed by atoms with van der Waals surface area (Å²) in [5.74, 6) is 0.864. The molecule has 0 aliphatic carbocycles. The Morgan fingerprint density at radius 2 is 1.09 bits per heavy atom. The fraction of sp³-hybridized carbons (Fsp3) is 0.485. The van der Waals surface area contributed by atoms with E-state index in [1.54, 1.807) is 0 Å². The van der Waals surface area contributed by atoms with Crippen LogP contribution in [0.1, 0.15) is 94.7 Å². The first-order valence-corrected chi connectivity index (χ1v) is 14.0. The first-order valence-electron chi connectivity index (χ1n) is 14.0. The normalized spacial score (nSPS) is 11.0. The Kier molecular flexibility index (Phi) is 12.4. The largest absolute Gasteiger partial charge is 0.492 e. The lowest BCUT2D eigenvalue weighted by Crippen LogP contribution is -1.98. The van der Waals surface area contributed by atoms with Crippen LogP contribution >= 0.6 is 0 Å². The average Bonchev–Trinajstić information content (AvgIpc) is 2.91. The zero-order valence-corrected chi connectivity index (χ0v) is 22.1. The maximum Gasteiger partial charge on any atom is 0.137 e. The summed E-state index contributed by atoms with van der Waals surface area (Å²) in [5, 5.41) is 0. The molecule has 188 valence electrons. The van der Waals surface area contributed by atoms with Gasteiger partial charge in [-0.1, -0.05) is 114 Å². The van der Waals surface area contributed by atoms with Crippen molar-refractivity contribution in [2.75, 3.05) is 6.61 Å². The van der Waals surface area contributed by atoms with E-state index in [-0.39, 0.29) is 0 Å². The lowest BCUT2D eigenvalue weighted by Gasteiger charge is -2.08. The molecule has 35 heavy (non-hydrogen) atoms. The van der Waals surface area contributed by atoms with E-state index in [0.717, 1.165) is 42.9 Å². The van der Waals surface area contributed by atoms with Crippen molar-refractivity contribution in [1.82, 2.24) is 4.98 Å². The van der Waals surface area contributed by atoms with Crippen LogP contribution in [0.4, 0.5) is 0 Å². The molecule has 0 spiro atoms. The highest BCUT2D eigenvalue weighted by Crippen LogP contribution is 2.21. The van der Waals surface area contributed by atoms with Crippen LogP contribution in [-0.4, -0.2) is 11.6 Å². The quantitative estimate of drug-likeness (QED) is 0.183. The van der Waals surface area contributed by atoms with Crippen LogP contribution in [0.25, 0.3) is 11.3 Å². The van der Waals surface area contributed by atoms with Gasteiger partial charge in [-0.3, -0.25) is 4.98 Å². The summed E-state index contributed by atoms with van der Waals surface area (Å²) in [7, 11) is 0. The number of pyridine rings is 1. The number of hydrogen-bond acceptors (Lipinski definition) is 2. The number of benzene rings is 2. The summed E-state index contributed by atoms with van der Waals surface area (Å²) >= 11 is 0. The predicted molar refractivity (Wildman–Crippen MR) is 150 cm³/mol. The monoisotopic (exact) mass is 471 g/mol. The van der Waals surface area contributed by atoms with E-state index in [0.29, 0.717) is 0 Å². The maximum absolute atomic E-state index is 5.85. The minimum atomic E-state index is 0.779. The van der Waals surface area contributed by atoms with Crippen LogP contribution in [0.2, 0.25) is 0 Å². The molecule has 1 heterocycles. The second-order valence-electron chi connectivity index (χ2n) is 9.82. The molecule has 1 aromatic heterocycles. The second kappa shape index (κ2) is 16.1. The molecule has 3 rings (SSSR count). The van der Waals surface area contributed by atoms with Crippen molar-refractivity contribution in [3.8, 4) is 17.0 Å². The Balaban J connectivity index is 1.39. The first kappa shape index (κ1) is 27.0. The minimum Gasteiger partial charge on any atom is -0.492 e. The van der Waals surface area contributed by atoms with E-state index < -0.39 is 0 Å². The molecule has 0 saturated carbocycles. The molecule has 0 aliphatic heterocycles. The van der Waals surface area contributed by atoms with Gasteiger partial charge in [0, 0.05) is 5.56 Å². The number of rotatable bonds is 17. The summed E-state index contributed by atoms with van der Waals surface area (Å²) in [5.41, 5.74) is 6.42. The predicted octanol–water partition coefficient (Wildman–Crippen LogP) is 9.40. The number of aryl methyl sites for hydroxylation is 3. The van der Waals surface area contributed by atoms with Crippen molar-refractivity contribution < 1.29 is 4.74 Å². The van der Waals surface area contributed by atoms with Gasteiger partial charge in [0.05, 0.1) is 18.5 Å². The van der Waals surface area contributed by atoms with Gasteiger partial charge in [-0.05, 0) is 60.9 Å². The smallest absolute Gasteiger partial charge is 0.137 e. The molecule has 0 radical (unpaired) electrons. The van der Waals surface area contributed by atoms with Crippen LogP contribution < -0.4 is 4.74 Å². The number of aromatic nitrogens is 1. The van der Waals surface area contributed by atoms with Gasteiger partial charge < -0.3 is 4.74 Å². The van der Waals surface area contributed by atoms with Gasteiger partial charge in [0.15, 0.2) is 0 Å². The van der Waals surface area contributed by atoms with E-state index in [2.05, 4.69) is 73.4 Å². The van der Waals surface area contributed by atoms with E-state index >= 15 is 0 Å². The van der Waals surface area contributed by atoms with Gasteiger partial charge in [0.25, 0.3) is 0 Å². The Morgan fingerprint density at radius 3 is 1.66 bits per heavy atom. The van der Waals surface area contributed by atoms with Crippen molar-refractivity contribution in [2.24, 2.45) is 0 Å². The lowest BCUT2D eigenvalue weighted by atomic mass is 10.00. The van der Waals surface area contributed by atoms with Crippen LogP contribution in [-0.2, 0) is 19.3 Å². The highest BCUT2D eigenvalue weighted by molar-refractivity contribution is 5.59. The summed E-state index contributed by atoms with van der Waals surface area (Å²) in [6, 6.07) is 22.2. The van der Waals surface area contributed by atoms with Crippen LogP contribution in [0.3, 0.4) is 0 Å². The number of ether oxygens (including phenoxy) is 1. The van der Waals surface area contributed by atoms with Gasteiger partial charge in [-0.25, -0.2) is 0 Å². The van der Waals surface area contributed by atoms with Crippen molar-refractivity contribution in [1.29, 1.82) is 0 Å². The molecule has 3 aromatic rings. The molecule has 0 aliphatic rings. The Morgan fingerprint density at radius 1 is 0.543 bits per heavy atom. The highest BCUT2D eigenvalue weighted by Gasteiger charge is 2.03. The van der Waals surface area contributed by atoms with E-state index in [4.69, 9.17) is 4.74 Å². The SMILES string of the molecule is CCCCCCCOc1ccc(-c2ccc(CCc3ccc(CCCCCCC)cc3)cc2)nc1. The zero-order chi connectivity index (χ0) is 24.6. The van der Waals surface area contributed by atoms with Gasteiger partial charge in [0.1, 0.15) is 5.75 Å². The fourth-order valence-corrected chi connectivity index (χ4v) is 4.47. The van der Waals surface area contributed by atoms with Gasteiger partial charge >= 0.3 is 0 Å². The van der Waals surface area contributed by atoms with E-state index in [1.165, 1.54) is 80.9 Å². The third-order valence-electron chi connectivity index (χ3n) is 6.80. The molecule has 0 fully saturated rings. The summed E-state index contributed by atoms with van der Waals surface area (Å²) in [6.45, 7) is 5.30. The first-order chi connectivity index (χ1) is 17.3. The van der Waals surface area contributed by atoms with E-state index in [1.807, 2.05) is 12.3 Å². The zero-order valence-electron chi connectivity index (χ0n) is 22.1. The maximum atomic E-state index is 5.85. The highest BCUT2D eigenvalue weighted by atomic mass is 16.5. The number of nitrogens with zero attached hydrogens (tertiary/aromatic N) is 1. The number of hydrogen-bond donors (Lipinski definition) is 0. The van der Waals surface area contributed by atoms with E-state index in [9.17, 15) is 0 Å². The molecule has 2 heteroatoms. The molecular formula is C33H45NO. The minimum absolute atomic E-state index is 0.779. The Labute approximate surface area is 214 Å². The fourth-order valence-electron chi connectivity index (χ4n) is 4.47. The number of unbranched alkanes of at least 4 members (excludes halogenated alkanes) is 8. The Hall–Kier alpha value is -2.61. The van der Waals surface area contributed by atoms with Gasteiger partial charge in [-0.15, -0.1) is 0 Å². The van der Waals surface area contributed by atoms with Crippen LogP contribution in [0.15, 0.2) is 66.9 Å². The topological polar surface area (TPSA) is 22.1 Å². The standard InChI is InChI=1S/C33H45NO/c1-3-5-7-9-11-13-28-14-16-29(17-15-28)18-19-30-20-22-31(23-21-30)33-25-24-32(27-34-33)35-26-12-10-8-6-4-2/h14-17,20-25,27H,3-13,18-19,26H2,1-2H3. The van der Waals surface area contributed by atoms with Crippen LogP contribution in [0.5, 0.6) is 5.75 Å². The molecule has 0 atom stereocenters. The molecule has 0 amide bonds. The summed E-state index contributed by atoms with van der Waals surface area (Å²) < 4.78 is 5.85. The average molecular weight is 472 g/mol. The van der Waals surface area contributed by atoms with Crippen molar-refractivity contribution in [3.05, 3.63) is 83.6 Å². The third-order valence-corrected chi connectivity index (χ3v) is 6.80.